The van der Waals surface area contributed by atoms with E-state index in [0.717, 1.165) is 28.6 Å². The van der Waals surface area contributed by atoms with Gasteiger partial charge in [0.2, 0.25) is 17.7 Å². The number of rotatable bonds is 7. The summed E-state index contributed by atoms with van der Waals surface area (Å²) in [6.45, 7) is 0.662. The van der Waals surface area contributed by atoms with Crippen molar-refractivity contribution in [3.8, 4) is 5.75 Å². The Labute approximate surface area is 249 Å². The van der Waals surface area contributed by atoms with Crippen molar-refractivity contribution < 1.29 is 37.1 Å². The van der Waals surface area contributed by atoms with E-state index < -0.39 is 29.8 Å². The van der Waals surface area contributed by atoms with Crippen molar-refractivity contribution in [1.82, 2.24) is 25.4 Å². The molecule has 3 N–H and O–H groups in total. The van der Waals surface area contributed by atoms with Crippen LogP contribution in [0.5, 0.6) is 5.75 Å². The number of hydrogen-bond donors (Lipinski definition) is 3. The fraction of sp³-hybridized carbons (Fsp3) is 0.379. The molecule has 3 unspecified atom stereocenters. The van der Waals surface area contributed by atoms with Crippen LogP contribution in [-0.2, 0) is 20.8 Å². The maximum atomic E-state index is 13.5. The Balaban J connectivity index is 1.33. The third-order valence-corrected chi connectivity index (χ3v) is 8.20. The number of H-pyrrole nitrogens is 1. The van der Waals surface area contributed by atoms with Gasteiger partial charge in [0.05, 0.1) is 18.9 Å². The Kier molecular flexibility index (Phi) is 8.54. The normalized spacial score (nSPS) is 20.1. The molecule has 228 valence electrons. The number of likely N-dealkylation sites (N-methyl/N-ethyl adjacent to an activating group) is 1. The van der Waals surface area contributed by atoms with E-state index in [1.54, 1.807) is 28.1 Å². The van der Waals surface area contributed by atoms with Crippen molar-refractivity contribution in [3.63, 3.8) is 0 Å². The smallest absolute Gasteiger partial charge is 0.406 e. The van der Waals surface area contributed by atoms with Crippen molar-refractivity contribution in [1.29, 1.82) is 0 Å². The molecular formula is C29H29ClF3N5O5. The molecule has 14 heteroatoms. The first-order valence-corrected chi connectivity index (χ1v) is 14.0. The molecule has 3 atom stereocenters. The fourth-order valence-electron chi connectivity index (χ4n) is 5.87. The molecule has 2 fully saturated rings. The number of fused-ring (bicyclic) bond motifs is 2. The van der Waals surface area contributed by atoms with E-state index in [4.69, 9.17) is 11.6 Å². The molecule has 10 nitrogen and oxygen atoms in total. The number of nitrogens with one attached hydrogen (secondary N) is 3. The van der Waals surface area contributed by atoms with Crippen LogP contribution in [0.4, 0.5) is 13.2 Å². The summed E-state index contributed by atoms with van der Waals surface area (Å²) in [6, 6.07) is 9.98. The molecular weight excluding hydrogens is 591 g/mol. The number of likely N-dealkylation sites (tertiary alicyclic amines) is 2. The first-order valence-electron chi connectivity index (χ1n) is 13.6. The van der Waals surface area contributed by atoms with E-state index in [1.807, 2.05) is 6.07 Å². The zero-order valence-electron chi connectivity index (χ0n) is 23.0. The van der Waals surface area contributed by atoms with Gasteiger partial charge in [0.1, 0.15) is 5.75 Å². The van der Waals surface area contributed by atoms with Gasteiger partial charge in [0, 0.05) is 60.9 Å². The van der Waals surface area contributed by atoms with E-state index in [2.05, 4.69) is 20.4 Å². The Morgan fingerprint density at radius 3 is 2.44 bits per heavy atom. The van der Waals surface area contributed by atoms with Gasteiger partial charge >= 0.3 is 6.36 Å². The van der Waals surface area contributed by atoms with Gasteiger partial charge in [-0.05, 0) is 53.8 Å². The molecule has 4 amide bonds. The van der Waals surface area contributed by atoms with Crippen LogP contribution in [0.2, 0.25) is 5.02 Å². The average molecular weight is 620 g/mol. The summed E-state index contributed by atoms with van der Waals surface area (Å²) in [7, 11) is 1.45. The summed E-state index contributed by atoms with van der Waals surface area (Å²) in [5, 5.41) is 6.50. The Bertz CT molecular complexity index is 1540. The summed E-state index contributed by atoms with van der Waals surface area (Å²) in [4.78, 5) is 58.2. The predicted octanol–water partition coefficient (Wildman–Crippen LogP) is 2.97. The van der Waals surface area contributed by atoms with Gasteiger partial charge in [0.25, 0.3) is 5.91 Å². The second-order valence-corrected chi connectivity index (χ2v) is 11.1. The Hall–Kier alpha value is -4.26. The van der Waals surface area contributed by atoms with Crippen molar-refractivity contribution >= 4 is 46.1 Å². The first-order chi connectivity index (χ1) is 20.4. The monoisotopic (exact) mass is 619 g/mol. The highest BCUT2D eigenvalue weighted by Crippen LogP contribution is 2.37. The van der Waals surface area contributed by atoms with E-state index in [9.17, 15) is 32.3 Å². The molecule has 2 saturated heterocycles. The molecule has 0 bridgehead atoms. The third kappa shape index (κ3) is 6.87. The van der Waals surface area contributed by atoms with Crippen LogP contribution in [0.25, 0.3) is 10.9 Å². The van der Waals surface area contributed by atoms with Crippen LogP contribution in [0.1, 0.15) is 15.9 Å². The number of aromatic amines is 1. The fourth-order valence-corrected chi connectivity index (χ4v) is 6.04. The number of piperidine rings is 1. The van der Waals surface area contributed by atoms with Crippen LogP contribution in [0, 0.1) is 17.8 Å². The quantitative estimate of drug-likeness (QED) is 0.375. The minimum atomic E-state index is -4.85. The molecule has 2 aliphatic rings. The van der Waals surface area contributed by atoms with Gasteiger partial charge in [-0.2, -0.15) is 0 Å². The zero-order valence-corrected chi connectivity index (χ0v) is 23.8. The molecule has 2 aromatic carbocycles. The van der Waals surface area contributed by atoms with Crippen molar-refractivity contribution in [3.05, 3.63) is 64.8 Å². The second-order valence-electron chi connectivity index (χ2n) is 10.7. The number of hydrogen-bond acceptors (Lipinski definition) is 5. The van der Waals surface area contributed by atoms with E-state index >= 15 is 0 Å². The van der Waals surface area contributed by atoms with E-state index in [0.29, 0.717) is 11.6 Å². The maximum Gasteiger partial charge on any atom is 0.573 e. The lowest BCUT2D eigenvalue weighted by molar-refractivity contribution is -0.274. The molecule has 0 aliphatic carbocycles. The lowest BCUT2D eigenvalue weighted by Gasteiger charge is -2.39. The molecule has 3 heterocycles. The second kappa shape index (κ2) is 12.2. The van der Waals surface area contributed by atoms with Crippen LogP contribution in [-0.4, -0.2) is 84.5 Å². The van der Waals surface area contributed by atoms with Crippen LogP contribution < -0.4 is 15.4 Å². The highest BCUT2D eigenvalue weighted by Gasteiger charge is 2.48. The van der Waals surface area contributed by atoms with E-state index in [-0.39, 0.29) is 61.8 Å². The highest BCUT2D eigenvalue weighted by molar-refractivity contribution is 6.31. The van der Waals surface area contributed by atoms with Gasteiger partial charge in [-0.3, -0.25) is 19.2 Å². The molecule has 0 saturated carbocycles. The summed E-state index contributed by atoms with van der Waals surface area (Å²) in [5.41, 5.74) is 1.74. The van der Waals surface area contributed by atoms with E-state index in [1.165, 1.54) is 19.2 Å². The van der Waals surface area contributed by atoms with Crippen molar-refractivity contribution in [2.45, 2.75) is 12.8 Å². The summed E-state index contributed by atoms with van der Waals surface area (Å²) in [5.74, 6) is -3.03. The summed E-state index contributed by atoms with van der Waals surface area (Å²) in [6.07, 6.45) is -3.02. The molecule has 0 radical (unpaired) electrons. The van der Waals surface area contributed by atoms with Crippen LogP contribution in [0.3, 0.4) is 0 Å². The van der Waals surface area contributed by atoms with Gasteiger partial charge in [0.15, 0.2) is 0 Å². The number of aromatic nitrogens is 1. The molecule has 43 heavy (non-hydrogen) atoms. The standard InChI is InChI=1S/C29H29ClF3N5O5/c1-34-25(39)11-36-27(41)23-15-37(26(40)8-17-10-35-24-9-19(30)4-7-21(17)24)12-18-13-38(14-22(18)23)28(42)16-2-5-20(6-3-16)43-29(31,32)33/h2-7,9-10,18,22-23,35H,8,11-15H2,1H3,(H,34,39)(H,36,41). The predicted molar refractivity (Wildman–Crippen MR) is 150 cm³/mol. The number of carbonyl (C=O) groups is 4. The van der Waals surface area contributed by atoms with Crippen molar-refractivity contribution in [2.75, 3.05) is 39.8 Å². The minimum Gasteiger partial charge on any atom is -0.406 e. The number of amides is 4. The van der Waals surface area contributed by atoms with Gasteiger partial charge < -0.3 is 30.2 Å². The number of ether oxygens (including phenoxy) is 1. The summed E-state index contributed by atoms with van der Waals surface area (Å²) < 4.78 is 41.5. The third-order valence-electron chi connectivity index (χ3n) is 7.97. The maximum absolute atomic E-state index is 13.5. The Morgan fingerprint density at radius 1 is 1.02 bits per heavy atom. The molecule has 3 aromatic rings. The van der Waals surface area contributed by atoms with Crippen LogP contribution >= 0.6 is 11.6 Å². The SMILES string of the molecule is CNC(=O)CNC(=O)C1CN(C(=O)Cc2c[nH]c3cc(Cl)ccc23)CC2CN(C(=O)c3ccc(OC(F)(F)F)cc3)CC21. The van der Waals surface area contributed by atoms with Gasteiger partial charge in [-0.15, -0.1) is 13.2 Å². The number of carbonyl (C=O) groups excluding carboxylic acids is 4. The average Bonchev–Trinajstić information content (AvgIpc) is 3.58. The molecule has 2 aliphatic heterocycles. The lowest BCUT2D eigenvalue weighted by Crippen LogP contribution is -2.54. The molecule has 0 spiro atoms. The first kappa shape index (κ1) is 30.2. The van der Waals surface area contributed by atoms with Gasteiger partial charge in [-0.1, -0.05) is 17.7 Å². The summed E-state index contributed by atoms with van der Waals surface area (Å²) >= 11 is 6.08. The van der Waals surface area contributed by atoms with Crippen molar-refractivity contribution in [2.24, 2.45) is 17.8 Å². The number of benzene rings is 2. The Morgan fingerprint density at radius 2 is 1.74 bits per heavy atom. The topological polar surface area (TPSA) is 124 Å². The molecule has 1 aromatic heterocycles. The number of halogens is 4. The van der Waals surface area contributed by atoms with Crippen LogP contribution in [0.15, 0.2) is 48.7 Å². The highest BCUT2D eigenvalue weighted by atomic mass is 35.5. The lowest BCUT2D eigenvalue weighted by atomic mass is 9.79. The zero-order chi connectivity index (χ0) is 30.9. The largest absolute Gasteiger partial charge is 0.573 e. The minimum absolute atomic E-state index is 0.0839. The number of nitrogens with zero attached hydrogens (tertiary/aromatic N) is 2. The number of alkyl halides is 3. The molecule has 5 rings (SSSR count). The van der Waals surface area contributed by atoms with Gasteiger partial charge in [-0.25, -0.2) is 0 Å².